The average Bonchev–Trinajstić information content (AvgIpc) is 3.09. The number of amides is 1. The van der Waals surface area contributed by atoms with E-state index in [1.54, 1.807) is 6.07 Å². The Morgan fingerprint density at radius 2 is 2.14 bits per heavy atom. The molecule has 0 aromatic carbocycles. The number of H-pyrrole nitrogens is 1. The Labute approximate surface area is 132 Å². The number of nitrogens with zero attached hydrogens (tertiary/aromatic N) is 1. The number of carbonyl (C=O) groups is 1. The molecule has 1 amide bonds. The van der Waals surface area contributed by atoms with Crippen LogP contribution in [0.2, 0.25) is 0 Å². The van der Waals surface area contributed by atoms with E-state index in [0.29, 0.717) is 24.6 Å². The molecule has 0 aliphatic heterocycles. The Bertz CT molecular complexity index is 603. The fourth-order valence-electron chi connectivity index (χ4n) is 2.97. The number of hydrogen-bond donors (Lipinski definition) is 2. The summed E-state index contributed by atoms with van der Waals surface area (Å²) in [6, 6.07) is 1.78. The first-order valence-corrected chi connectivity index (χ1v) is 9.70. The zero-order chi connectivity index (χ0) is 16.2. The van der Waals surface area contributed by atoms with Gasteiger partial charge in [0.15, 0.2) is 15.7 Å². The second-order valence-corrected chi connectivity index (χ2v) is 8.44. The molecular weight excluding hydrogens is 302 g/mol. The van der Waals surface area contributed by atoms with E-state index in [1.165, 1.54) is 0 Å². The molecule has 1 fully saturated rings. The molecule has 1 aliphatic carbocycles. The van der Waals surface area contributed by atoms with Gasteiger partial charge in [0.2, 0.25) is 5.91 Å². The van der Waals surface area contributed by atoms with Crippen LogP contribution >= 0.6 is 0 Å². The Morgan fingerprint density at radius 3 is 2.77 bits per heavy atom. The molecule has 1 saturated carbocycles. The normalized spacial score (nSPS) is 17.5. The Hall–Kier alpha value is -1.37. The summed E-state index contributed by atoms with van der Waals surface area (Å²) in [5.74, 6) is -0.229. The fraction of sp³-hybridized carbons (Fsp3) is 0.733. The molecule has 0 spiro atoms. The number of aromatic nitrogens is 2. The number of aromatic amines is 1. The van der Waals surface area contributed by atoms with Crippen molar-refractivity contribution in [2.24, 2.45) is 0 Å². The van der Waals surface area contributed by atoms with Crippen molar-refractivity contribution in [2.45, 2.75) is 63.5 Å². The largest absolute Gasteiger partial charge is 0.308 e. The molecule has 0 saturated heterocycles. The zero-order valence-corrected chi connectivity index (χ0v) is 14.1. The third-order valence-electron chi connectivity index (χ3n) is 4.26. The monoisotopic (exact) mass is 327 g/mol. The van der Waals surface area contributed by atoms with E-state index >= 15 is 0 Å². The number of hydrogen-bond acceptors (Lipinski definition) is 4. The summed E-state index contributed by atoms with van der Waals surface area (Å²) < 4.78 is 24.3. The third-order valence-corrected chi connectivity index (χ3v) is 6.41. The first-order valence-electron chi connectivity index (χ1n) is 7.99. The van der Waals surface area contributed by atoms with Crippen LogP contribution in [-0.4, -0.2) is 35.5 Å². The van der Waals surface area contributed by atoms with Gasteiger partial charge in [-0.3, -0.25) is 9.89 Å². The molecule has 22 heavy (non-hydrogen) atoms. The van der Waals surface area contributed by atoms with Crippen LogP contribution in [0.1, 0.15) is 64.0 Å². The standard InChI is InChI=1S/C15H25N3O3S/c1-3-6-11(2)13-9-14(18-17-13)16-15(19)10-22(20,21)12-7-4-5-8-12/h9,11-12H,3-8,10H2,1-2H3,(H2,16,17,18,19). The molecule has 1 aromatic rings. The van der Waals surface area contributed by atoms with Crippen molar-refractivity contribution in [3.63, 3.8) is 0 Å². The van der Waals surface area contributed by atoms with Crippen molar-refractivity contribution < 1.29 is 13.2 Å². The quantitative estimate of drug-likeness (QED) is 0.805. The van der Waals surface area contributed by atoms with Crippen LogP contribution in [-0.2, 0) is 14.6 Å². The smallest absolute Gasteiger partial charge is 0.240 e. The van der Waals surface area contributed by atoms with Crippen LogP contribution in [0.3, 0.4) is 0 Å². The highest BCUT2D eigenvalue weighted by Crippen LogP contribution is 2.25. The molecule has 124 valence electrons. The number of sulfone groups is 1. The highest BCUT2D eigenvalue weighted by atomic mass is 32.2. The van der Waals surface area contributed by atoms with E-state index in [-0.39, 0.29) is 5.25 Å². The van der Waals surface area contributed by atoms with Gasteiger partial charge < -0.3 is 5.32 Å². The van der Waals surface area contributed by atoms with Crippen LogP contribution in [0.25, 0.3) is 0 Å². The minimum absolute atomic E-state index is 0.338. The molecular formula is C15H25N3O3S. The maximum absolute atomic E-state index is 12.1. The minimum Gasteiger partial charge on any atom is -0.308 e. The molecule has 1 aliphatic rings. The molecule has 6 nitrogen and oxygen atoms in total. The van der Waals surface area contributed by atoms with Gasteiger partial charge in [-0.05, 0) is 25.2 Å². The van der Waals surface area contributed by atoms with E-state index in [9.17, 15) is 13.2 Å². The summed E-state index contributed by atoms with van der Waals surface area (Å²) >= 11 is 0. The second kappa shape index (κ2) is 7.26. The van der Waals surface area contributed by atoms with Crippen molar-refractivity contribution in [1.82, 2.24) is 10.2 Å². The molecule has 1 aromatic heterocycles. The molecule has 1 heterocycles. The molecule has 2 N–H and O–H groups in total. The summed E-state index contributed by atoms with van der Waals surface area (Å²) in [5, 5.41) is 9.16. The molecule has 1 atom stereocenters. The van der Waals surface area contributed by atoms with Gasteiger partial charge in [-0.15, -0.1) is 0 Å². The van der Waals surface area contributed by atoms with Gasteiger partial charge in [0, 0.05) is 11.8 Å². The summed E-state index contributed by atoms with van der Waals surface area (Å²) in [6.07, 6.45) is 5.33. The van der Waals surface area contributed by atoms with Gasteiger partial charge in [0.1, 0.15) is 5.75 Å². The molecule has 0 radical (unpaired) electrons. The topological polar surface area (TPSA) is 91.9 Å². The molecule has 2 rings (SSSR count). The maximum atomic E-state index is 12.1. The fourth-order valence-corrected chi connectivity index (χ4v) is 4.69. The first-order chi connectivity index (χ1) is 10.4. The van der Waals surface area contributed by atoms with E-state index < -0.39 is 21.5 Å². The van der Waals surface area contributed by atoms with Gasteiger partial charge >= 0.3 is 0 Å². The van der Waals surface area contributed by atoms with Gasteiger partial charge in [-0.25, -0.2) is 8.42 Å². The number of anilines is 1. The lowest BCUT2D eigenvalue weighted by molar-refractivity contribution is -0.113. The SMILES string of the molecule is CCCC(C)c1cc(NC(=O)CS(=O)(=O)C2CCCC2)n[nH]1. The minimum atomic E-state index is -3.35. The second-order valence-electron chi connectivity index (χ2n) is 6.16. The van der Waals surface area contributed by atoms with Crippen LogP contribution < -0.4 is 5.32 Å². The number of rotatable bonds is 7. The summed E-state index contributed by atoms with van der Waals surface area (Å²) in [7, 11) is -3.35. The summed E-state index contributed by atoms with van der Waals surface area (Å²) in [4.78, 5) is 11.9. The van der Waals surface area contributed by atoms with E-state index in [1.807, 2.05) is 0 Å². The highest BCUT2D eigenvalue weighted by molar-refractivity contribution is 7.92. The Kier molecular flexibility index (Phi) is 5.61. The van der Waals surface area contributed by atoms with Gasteiger partial charge in [0.25, 0.3) is 0 Å². The number of nitrogens with one attached hydrogen (secondary N) is 2. The molecule has 7 heteroatoms. The zero-order valence-electron chi connectivity index (χ0n) is 13.3. The van der Waals surface area contributed by atoms with Gasteiger partial charge in [-0.1, -0.05) is 33.1 Å². The molecule has 0 bridgehead atoms. The van der Waals surface area contributed by atoms with Gasteiger partial charge in [-0.2, -0.15) is 5.10 Å². The van der Waals surface area contributed by atoms with Crippen molar-refractivity contribution in [1.29, 1.82) is 0 Å². The van der Waals surface area contributed by atoms with Crippen molar-refractivity contribution >= 4 is 21.6 Å². The van der Waals surface area contributed by atoms with Crippen LogP contribution in [0.4, 0.5) is 5.82 Å². The predicted octanol–water partition coefficient (Wildman–Crippen LogP) is 2.61. The average molecular weight is 327 g/mol. The van der Waals surface area contributed by atoms with Crippen molar-refractivity contribution in [3.05, 3.63) is 11.8 Å². The van der Waals surface area contributed by atoms with E-state index in [0.717, 1.165) is 31.4 Å². The summed E-state index contributed by atoms with van der Waals surface area (Å²) in [6.45, 7) is 4.20. The number of carbonyl (C=O) groups excluding carboxylic acids is 1. The lowest BCUT2D eigenvalue weighted by Gasteiger charge is -2.10. The lowest BCUT2D eigenvalue weighted by Crippen LogP contribution is -2.29. The Morgan fingerprint density at radius 1 is 1.45 bits per heavy atom. The third kappa shape index (κ3) is 4.32. The van der Waals surface area contributed by atoms with Crippen molar-refractivity contribution in [3.8, 4) is 0 Å². The Balaban J connectivity index is 1.92. The first kappa shape index (κ1) is 17.0. The van der Waals surface area contributed by atoms with Crippen LogP contribution in [0.5, 0.6) is 0 Å². The highest BCUT2D eigenvalue weighted by Gasteiger charge is 2.30. The summed E-state index contributed by atoms with van der Waals surface area (Å²) in [5.41, 5.74) is 0.954. The lowest BCUT2D eigenvalue weighted by atomic mass is 10.0. The molecule has 1 unspecified atom stereocenters. The van der Waals surface area contributed by atoms with Crippen LogP contribution in [0, 0.1) is 0 Å². The maximum Gasteiger partial charge on any atom is 0.240 e. The predicted molar refractivity (Wildman–Crippen MR) is 86.6 cm³/mol. The van der Waals surface area contributed by atoms with Crippen LogP contribution in [0.15, 0.2) is 6.07 Å². The van der Waals surface area contributed by atoms with E-state index in [4.69, 9.17) is 0 Å². The van der Waals surface area contributed by atoms with Crippen molar-refractivity contribution in [2.75, 3.05) is 11.1 Å². The van der Waals surface area contributed by atoms with E-state index in [2.05, 4.69) is 29.4 Å². The van der Waals surface area contributed by atoms with Gasteiger partial charge in [0.05, 0.1) is 5.25 Å².